The van der Waals surface area contributed by atoms with Gasteiger partial charge in [0.2, 0.25) is 5.91 Å². The maximum Gasteiger partial charge on any atom is 0.270 e. The second-order valence-corrected chi connectivity index (χ2v) is 7.53. The van der Waals surface area contributed by atoms with Crippen molar-refractivity contribution < 1.29 is 14.7 Å². The van der Waals surface area contributed by atoms with Crippen LogP contribution in [0.4, 0.5) is 0 Å². The third-order valence-corrected chi connectivity index (χ3v) is 4.98. The number of amides is 2. The molecule has 2 aromatic rings. The summed E-state index contributed by atoms with van der Waals surface area (Å²) in [5.41, 5.74) is 0.927. The fourth-order valence-electron chi connectivity index (χ4n) is 3.31. The molecule has 0 radical (unpaired) electrons. The van der Waals surface area contributed by atoms with Crippen LogP contribution in [0.5, 0.6) is 0 Å². The second kappa shape index (κ2) is 9.51. The zero-order valence-corrected chi connectivity index (χ0v) is 16.6. The van der Waals surface area contributed by atoms with Crippen molar-refractivity contribution in [2.45, 2.75) is 57.7 Å². The van der Waals surface area contributed by atoms with Gasteiger partial charge in [0.25, 0.3) is 5.91 Å². The Morgan fingerprint density at radius 1 is 1.21 bits per heavy atom. The van der Waals surface area contributed by atoms with E-state index in [4.69, 9.17) is 0 Å². The highest BCUT2D eigenvalue weighted by atomic mass is 16.3. The zero-order chi connectivity index (χ0) is 20.8. The molecule has 0 bridgehead atoms. The first-order valence-corrected chi connectivity index (χ1v) is 9.78. The maximum atomic E-state index is 12.6. The number of carbonyl (C=O) groups excluding carboxylic acids is 2. The standard InChI is InChI=1S/C20H26N6O3/c1-12(2)18-23-6-5-15(25-18)20(29)26-16-9-13(3-4-17(16)27)19(28)24-11-14-10-21-7-8-22-14/h5-8,10,12-13,16-17,27H,3-4,9,11H2,1-2H3,(H,24,28)(H,26,29)/t13-,16+,17+/m0/s1. The molecule has 9 heteroatoms. The molecule has 0 spiro atoms. The van der Waals surface area contributed by atoms with E-state index in [1.807, 2.05) is 13.8 Å². The molecule has 1 saturated carbocycles. The van der Waals surface area contributed by atoms with Crippen LogP contribution in [0.1, 0.15) is 61.0 Å². The predicted molar refractivity (Wildman–Crippen MR) is 105 cm³/mol. The molecular formula is C20H26N6O3. The number of rotatable bonds is 6. The van der Waals surface area contributed by atoms with Crippen molar-refractivity contribution in [3.8, 4) is 0 Å². The molecule has 2 heterocycles. The lowest BCUT2D eigenvalue weighted by Gasteiger charge is -2.33. The Morgan fingerprint density at radius 3 is 2.76 bits per heavy atom. The summed E-state index contributed by atoms with van der Waals surface area (Å²) in [5.74, 6) is -0.101. The van der Waals surface area contributed by atoms with Gasteiger partial charge < -0.3 is 15.7 Å². The van der Waals surface area contributed by atoms with E-state index in [2.05, 4.69) is 30.6 Å². The quantitative estimate of drug-likeness (QED) is 0.661. The van der Waals surface area contributed by atoms with Gasteiger partial charge in [0.15, 0.2) is 0 Å². The van der Waals surface area contributed by atoms with Crippen LogP contribution < -0.4 is 10.6 Å². The number of aliphatic hydroxyl groups excluding tert-OH is 1. The van der Waals surface area contributed by atoms with E-state index < -0.39 is 12.1 Å². The SMILES string of the molecule is CC(C)c1nccc(C(=O)N[C@@H]2C[C@@H](C(=O)NCc3cnccn3)CC[C@H]2O)n1. The molecule has 1 aliphatic carbocycles. The molecule has 2 amide bonds. The third kappa shape index (κ3) is 5.54. The van der Waals surface area contributed by atoms with Crippen molar-refractivity contribution in [2.24, 2.45) is 5.92 Å². The molecule has 2 aromatic heterocycles. The van der Waals surface area contributed by atoms with E-state index in [-0.39, 0.29) is 29.3 Å². The maximum absolute atomic E-state index is 12.6. The van der Waals surface area contributed by atoms with Gasteiger partial charge in [-0.3, -0.25) is 19.6 Å². The number of aromatic nitrogens is 4. The summed E-state index contributed by atoms with van der Waals surface area (Å²) in [6.45, 7) is 4.19. The van der Waals surface area contributed by atoms with Crippen LogP contribution in [0, 0.1) is 5.92 Å². The fraction of sp³-hybridized carbons (Fsp3) is 0.500. The summed E-state index contributed by atoms with van der Waals surface area (Å²) in [7, 11) is 0. The summed E-state index contributed by atoms with van der Waals surface area (Å²) in [6.07, 6.45) is 6.96. The molecule has 0 aromatic carbocycles. The molecule has 1 aliphatic rings. The van der Waals surface area contributed by atoms with Crippen LogP contribution in [-0.4, -0.2) is 49.0 Å². The first kappa shape index (κ1) is 20.8. The van der Waals surface area contributed by atoms with E-state index in [0.29, 0.717) is 37.3 Å². The van der Waals surface area contributed by atoms with Crippen molar-refractivity contribution in [3.63, 3.8) is 0 Å². The molecule has 0 aliphatic heterocycles. The minimum atomic E-state index is -0.700. The Hall–Kier alpha value is -2.94. The zero-order valence-electron chi connectivity index (χ0n) is 16.6. The minimum absolute atomic E-state index is 0.102. The number of nitrogens with one attached hydrogen (secondary N) is 2. The summed E-state index contributed by atoms with van der Waals surface area (Å²) >= 11 is 0. The number of nitrogens with zero attached hydrogens (tertiary/aromatic N) is 4. The van der Waals surface area contributed by atoms with Gasteiger partial charge in [-0.1, -0.05) is 13.8 Å². The van der Waals surface area contributed by atoms with Gasteiger partial charge in [0.1, 0.15) is 11.5 Å². The number of hydrogen-bond donors (Lipinski definition) is 3. The fourth-order valence-corrected chi connectivity index (χ4v) is 3.31. The van der Waals surface area contributed by atoms with E-state index in [0.717, 1.165) is 0 Å². The minimum Gasteiger partial charge on any atom is -0.391 e. The molecule has 3 atom stereocenters. The largest absolute Gasteiger partial charge is 0.391 e. The Bertz CT molecular complexity index is 845. The van der Waals surface area contributed by atoms with Gasteiger partial charge in [-0.05, 0) is 25.3 Å². The average Bonchev–Trinajstić information content (AvgIpc) is 2.74. The Kier molecular flexibility index (Phi) is 6.82. The van der Waals surface area contributed by atoms with Gasteiger partial charge in [-0.15, -0.1) is 0 Å². The highest BCUT2D eigenvalue weighted by Crippen LogP contribution is 2.25. The highest BCUT2D eigenvalue weighted by Gasteiger charge is 2.34. The lowest BCUT2D eigenvalue weighted by atomic mass is 9.83. The topological polar surface area (TPSA) is 130 Å². The summed E-state index contributed by atoms with van der Waals surface area (Å²) < 4.78 is 0. The summed E-state index contributed by atoms with van der Waals surface area (Å²) in [4.78, 5) is 41.7. The molecule has 1 fully saturated rings. The van der Waals surface area contributed by atoms with Crippen molar-refractivity contribution >= 4 is 11.8 Å². The van der Waals surface area contributed by atoms with Crippen LogP contribution in [0.3, 0.4) is 0 Å². The molecule has 154 valence electrons. The monoisotopic (exact) mass is 398 g/mol. The molecule has 0 saturated heterocycles. The van der Waals surface area contributed by atoms with E-state index in [1.54, 1.807) is 30.9 Å². The smallest absolute Gasteiger partial charge is 0.270 e. The van der Waals surface area contributed by atoms with Crippen molar-refractivity contribution in [3.05, 3.63) is 48.1 Å². The number of hydrogen-bond acceptors (Lipinski definition) is 7. The van der Waals surface area contributed by atoms with E-state index in [1.165, 1.54) is 0 Å². The number of carbonyl (C=O) groups is 2. The van der Waals surface area contributed by atoms with Crippen LogP contribution in [0.25, 0.3) is 0 Å². The highest BCUT2D eigenvalue weighted by molar-refractivity contribution is 5.92. The Morgan fingerprint density at radius 2 is 2.03 bits per heavy atom. The van der Waals surface area contributed by atoms with Gasteiger partial charge in [0, 0.05) is 30.4 Å². The van der Waals surface area contributed by atoms with E-state index in [9.17, 15) is 14.7 Å². The van der Waals surface area contributed by atoms with Crippen molar-refractivity contribution in [1.82, 2.24) is 30.6 Å². The Labute approximate surface area is 169 Å². The first-order valence-electron chi connectivity index (χ1n) is 9.78. The van der Waals surface area contributed by atoms with Gasteiger partial charge in [0.05, 0.1) is 30.6 Å². The van der Waals surface area contributed by atoms with Crippen LogP contribution in [-0.2, 0) is 11.3 Å². The predicted octanol–water partition coefficient (Wildman–Crippen LogP) is 0.966. The van der Waals surface area contributed by atoms with Crippen molar-refractivity contribution in [2.75, 3.05) is 0 Å². The molecule has 29 heavy (non-hydrogen) atoms. The summed E-state index contributed by atoms with van der Waals surface area (Å²) in [5, 5.41) is 16.0. The average molecular weight is 398 g/mol. The Balaban J connectivity index is 1.58. The third-order valence-electron chi connectivity index (χ3n) is 4.98. The second-order valence-electron chi connectivity index (χ2n) is 7.53. The van der Waals surface area contributed by atoms with Gasteiger partial charge in [-0.2, -0.15) is 0 Å². The normalized spacial score (nSPS) is 21.6. The van der Waals surface area contributed by atoms with Crippen molar-refractivity contribution in [1.29, 1.82) is 0 Å². The van der Waals surface area contributed by atoms with Crippen LogP contribution in [0.15, 0.2) is 30.9 Å². The summed E-state index contributed by atoms with van der Waals surface area (Å²) in [6, 6.07) is 1.03. The molecule has 9 nitrogen and oxygen atoms in total. The molecule has 3 N–H and O–H groups in total. The molecular weight excluding hydrogens is 372 g/mol. The van der Waals surface area contributed by atoms with Crippen LogP contribution in [0.2, 0.25) is 0 Å². The lowest BCUT2D eigenvalue weighted by molar-refractivity contribution is -0.127. The number of aliphatic hydroxyl groups is 1. The van der Waals surface area contributed by atoms with Gasteiger partial charge >= 0.3 is 0 Å². The first-order chi connectivity index (χ1) is 13.9. The van der Waals surface area contributed by atoms with E-state index >= 15 is 0 Å². The van der Waals surface area contributed by atoms with Crippen LogP contribution >= 0.6 is 0 Å². The lowest BCUT2D eigenvalue weighted by Crippen LogP contribution is -2.49. The van der Waals surface area contributed by atoms with Gasteiger partial charge in [-0.25, -0.2) is 9.97 Å². The molecule has 0 unspecified atom stereocenters. The molecule has 3 rings (SSSR count).